The van der Waals surface area contributed by atoms with Gasteiger partial charge in [-0.3, -0.25) is 13.9 Å². The first-order valence-corrected chi connectivity index (χ1v) is 15.7. The van der Waals surface area contributed by atoms with Crippen LogP contribution >= 0.6 is 0 Å². The maximum absolute atomic E-state index is 13.6. The monoisotopic (exact) mass is 587 g/mol. The van der Waals surface area contributed by atoms with Crippen molar-refractivity contribution in [2.45, 2.75) is 59.3 Å². The van der Waals surface area contributed by atoms with Crippen LogP contribution in [0.15, 0.2) is 34.7 Å². The molecule has 0 atom stereocenters. The number of pyridine rings is 1. The minimum Gasteiger partial charge on any atom is -0.465 e. The second kappa shape index (κ2) is 11.8. The summed E-state index contributed by atoms with van der Waals surface area (Å²) in [6, 6.07) is 7.37. The summed E-state index contributed by atoms with van der Waals surface area (Å²) < 4.78 is 52.5. The third-order valence-corrected chi connectivity index (χ3v) is 8.32. The number of sulfonamides is 1. The first kappa shape index (κ1) is 30.5. The molecule has 0 unspecified atom stereocenters. The summed E-state index contributed by atoms with van der Waals surface area (Å²) in [5.41, 5.74) is 0.776. The fraction of sp³-hybridized carbons (Fsp3) is 0.500. The lowest BCUT2D eigenvalue weighted by Crippen LogP contribution is -2.34. The number of benzene rings is 1. The van der Waals surface area contributed by atoms with Crippen LogP contribution in [0, 0.1) is 17.2 Å². The van der Waals surface area contributed by atoms with Crippen molar-refractivity contribution in [3.05, 3.63) is 47.3 Å². The van der Waals surface area contributed by atoms with Gasteiger partial charge in [0.25, 0.3) is 5.91 Å². The molecule has 0 spiro atoms. The van der Waals surface area contributed by atoms with Gasteiger partial charge in [-0.15, -0.1) is 0 Å². The number of carbonyl (C=O) groups excluding carboxylic acids is 2. The molecule has 0 bridgehead atoms. The highest BCUT2D eigenvalue weighted by Gasteiger charge is 2.35. The Morgan fingerprint density at radius 1 is 1.22 bits per heavy atom. The van der Waals surface area contributed by atoms with Crippen molar-refractivity contribution in [2.75, 3.05) is 30.8 Å². The van der Waals surface area contributed by atoms with E-state index in [1.807, 2.05) is 13.8 Å². The zero-order valence-corrected chi connectivity index (χ0v) is 25.2. The Labute approximate surface area is 240 Å². The van der Waals surface area contributed by atoms with E-state index < -0.39 is 27.2 Å². The number of nitrogens with one attached hydrogen (secondary N) is 1. The first-order valence-electron chi connectivity index (χ1n) is 13.8. The van der Waals surface area contributed by atoms with Gasteiger partial charge in [-0.05, 0) is 87.3 Å². The van der Waals surface area contributed by atoms with Gasteiger partial charge in [0.15, 0.2) is 0 Å². The van der Waals surface area contributed by atoms with E-state index in [1.165, 1.54) is 35.6 Å². The molecule has 1 aliphatic rings. The van der Waals surface area contributed by atoms with E-state index in [0.717, 1.165) is 24.7 Å². The highest BCUT2D eigenvalue weighted by Crippen LogP contribution is 2.47. The number of hydrogen-bond donors (Lipinski definition) is 1. The lowest BCUT2D eigenvalue weighted by atomic mass is 9.88. The molecule has 2 heterocycles. The van der Waals surface area contributed by atoms with E-state index in [0.29, 0.717) is 30.4 Å². The number of nitrogens with zero attached hydrogens (tertiary/aromatic N) is 2. The number of halogens is 1. The second-order valence-electron chi connectivity index (χ2n) is 11.7. The molecule has 1 aliphatic carbocycles. The Morgan fingerprint density at radius 2 is 1.88 bits per heavy atom. The fourth-order valence-corrected chi connectivity index (χ4v) is 5.63. The average Bonchev–Trinajstić information content (AvgIpc) is 3.68. The van der Waals surface area contributed by atoms with E-state index in [-0.39, 0.29) is 47.2 Å². The average molecular weight is 588 g/mol. The maximum Gasteiger partial charge on any atom is 0.311 e. The van der Waals surface area contributed by atoms with Gasteiger partial charge in [0.05, 0.1) is 29.2 Å². The molecule has 2 aromatic heterocycles. The summed E-state index contributed by atoms with van der Waals surface area (Å²) in [5.74, 6) is -0.361. The number of rotatable bonds is 12. The molecule has 4 rings (SSSR count). The summed E-state index contributed by atoms with van der Waals surface area (Å²) in [6.07, 6.45) is 3.66. The maximum atomic E-state index is 13.6. The summed E-state index contributed by atoms with van der Waals surface area (Å²) in [6.45, 7) is 7.94. The number of anilines is 1. The Bertz CT molecular complexity index is 1540. The van der Waals surface area contributed by atoms with E-state index >= 15 is 0 Å². The Hall–Kier alpha value is -3.47. The van der Waals surface area contributed by atoms with Gasteiger partial charge >= 0.3 is 5.97 Å². The van der Waals surface area contributed by atoms with Gasteiger partial charge in [-0.1, -0.05) is 13.8 Å². The molecule has 1 aromatic carbocycles. The molecule has 222 valence electrons. The van der Waals surface area contributed by atoms with Crippen molar-refractivity contribution < 1.29 is 31.6 Å². The van der Waals surface area contributed by atoms with Gasteiger partial charge < -0.3 is 14.5 Å². The van der Waals surface area contributed by atoms with Gasteiger partial charge in [0.1, 0.15) is 17.4 Å². The van der Waals surface area contributed by atoms with Crippen LogP contribution in [0.4, 0.5) is 10.2 Å². The molecule has 0 aliphatic heterocycles. The van der Waals surface area contributed by atoms with E-state index in [1.54, 1.807) is 19.9 Å². The van der Waals surface area contributed by atoms with Crippen LogP contribution in [-0.2, 0) is 19.6 Å². The number of ether oxygens (including phenoxy) is 1. The van der Waals surface area contributed by atoms with Gasteiger partial charge in [0, 0.05) is 19.2 Å². The van der Waals surface area contributed by atoms with Gasteiger partial charge in [-0.2, -0.15) is 4.98 Å². The lowest BCUT2D eigenvalue weighted by Gasteiger charge is -2.27. The number of esters is 1. The summed E-state index contributed by atoms with van der Waals surface area (Å²) in [4.78, 5) is 30.3. The summed E-state index contributed by atoms with van der Waals surface area (Å²) in [5, 5.41) is 3.08. The number of fused-ring (bicyclic) bond motifs is 1. The number of aromatic nitrogens is 1. The molecular weight excluding hydrogens is 549 g/mol. The SMILES string of the molecule is CNC(=O)c1c(-c2ccc(F)cc2)oc2nc(N(CCCC(C)(C)C(=O)OCC(C)C)S(C)(=O)=O)c(C3CC3)cc12. The van der Waals surface area contributed by atoms with Crippen LogP contribution < -0.4 is 9.62 Å². The van der Waals surface area contributed by atoms with E-state index in [9.17, 15) is 22.4 Å². The molecule has 1 amide bonds. The highest BCUT2D eigenvalue weighted by molar-refractivity contribution is 7.92. The van der Waals surface area contributed by atoms with Crippen LogP contribution in [0.25, 0.3) is 22.4 Å². The number of hydrogen-bond acceptors (Lipinski definition) is 7. The zero-order chi connectivity index (χ0) is 30.1. The first-order chi connectivity index (χ1) is 19.2. The Balaban J connectivity index is 1.73. The number of furan rings is 1. The van der Waals surface area contributed by atoms with Crippen molar-refractivity contribution in [3.8, 4) is 11.3 Å². The molecule has 0 radical (unpaired) electrons. The normalized spacial score (nSPS) is 14.0. The van der Waals surface area contributed by atoms with Crippen LogP contribution in [0.1, 0.15) is 75.2 Å². The minimum absolute atomic E-state index is 0.0929. The van der Waals surface area contributed by atoms with Crippen LogP contribution in [-0.4, -0.2) is 51.7 Å². The zero-order valence-electron chi connectivity index (χ0n) is 24.4. The van der Waals surface area contributed by atoms with Gasteiger partial charge in [-0.25, -0.2) is 12.8 Å². The minimum atomic E-state index is -3.76. The van der Waals surface area contributed by atoms with Gasteiger partial charge in [0.2, 0.25) is 15.7 Å². The molecule has 1 saturated carbocycles. The third kappa shape index (κ3) is 6.89. The molecule has 9 nitrogen and oxygen atoms in total. The highest BCUT2D eigenvalue weighted by atomic mass is 32.2. The van der Waals surface area contributed by atoms with Crippen molar-refractivity contribution in [3.63, 3.8) is 0 Å². The van der Waals surface area contributed by atoms with Crippen molar-refractivity contribution >= 4 is 38.8 Å². The molecule has 1 fully saturated rings. The molecule has 3 aromatic rings. The molecule has 0 saturated heterocycles. The van der Waals surface area contributed by atoms with E-state index in [2.05, 4.69) is 10.3 Å². The van der Waals surface area contributed by atoms with E-state index in [4.69, 9.17) is 9.15 Å². The molecule has 11 heteroatoms. The van der Waals surface area contributed by atoms with Crippen LogP contribution in [0.3, 0.4) is 0 Å². The largest absolute Gasteiger partial charge is 0.465 e. The van der Waals surface area contributed by atoms with Crippen molar-refractivity contribution in [2.24, 2.45) is 11.3 Å². The van der Waals surface area contributed by atoms with Crippen LogP contribution in [0.5, 0.6) is 0 Å². The van der Waals surface area contributed by atoms with Crippen LogP contribution in [0.2, 0.25) is 0 Å². The Kier molecular flexibility index (Phi) is 8.77. The summed E-state index contributed by atoms with van der Waals surface area (Å²) >= 11 is 0. The predicted molar refractivity (Wildman–Crippen MR) is 156 cm³/mol. The number of carbonyl (C=O) groups is 2. The Morgan fingerprint density at radius 3 is 2.44 bits per heavy atom. The van der Waals surface area contributed by atoms with Crippen molar-refractivity contribution in [1.29, 1.82) is 0 Å². The smallest absolute Gasteiger partial charge is 0.311 e. The predicted octanol–water partition coefficient (Wildman–Crippen LogP) is 5.64. The third-order valence-electron chi connectivity index (χ3n) is 7.17. The molecule has 41 heavy (non-hydrogen) atoms. The lowest BCUT2D eigenvalue weighted by molar-refractivity contribution is -0.155. The summed E-state index contributed by atoms with van der Waals surface area (Å²) in [7, 11) is -2.26. The van der Waals surface area contributed by atoms with Crippen molar-refractivity contribution in [1.82, 2.24) is 10.3 Å². The molecule has 1 N–H and O–H groups in total. The standard InChI is InChI=1S/C30H38FN3O6S/c1-18(2)17-39-29(36)30(3,4)14-7-15-34(41(6,37)38)26-22(19-8-9-19)16-23-24(27(35)32-5)25(40-28(23)33-26)20-10-12-21(31)13-11-20/h10-13,16,18-19H,7-9,14-15,17H2,1-6H3,(H,32,35). The fourth-order valence-electron chi connectivity index (χ4n) is 4.71. The topological polar surface area (TPSA) is 119 Å². The second-order valence-corrected chi connectivity index (χ2v) is 13.6. The molecular formula is C30H38FN3O6S. The number of amides is 1. The quantitative estimate of drug-likeness (QED) is 0.272.